The number of aliphatic hydroxyl groups excluding tert-OH is 2. The zero-order valence-corrected chi connectivity index (χ0v) is 53.2. The Bertz CT molecular complexity index is 1180. The van der Waals surface area contributed by atoms with Crippen molar-refractivity contribution in [3.05, 3.63) is 12.2 Å². The van der Waals surface area contributed by atoms with Crippen LogP contribution in [0.3, 0.4) is 0 Å². The van der Waals surface area contributed by atoms with E-state index in [1.165, 1.54) is 347 Å². The summed E-state index contributed by atoms with van der Waals surface area (Å²) in [6, 6.07) is -0.626. The lowest BCUT2D eigenvalue weighted by Crippen LogP contribution is -2.45. The molecule has 0 aliphatic heterocycles. The highest BCUT2D eigenvalue weighted by Gasteiger charge is 2.18. The molecule has 0 bridgehead atoms. The van der Waals surface area contributed by atoms with Crippen LogP contribution >= 0.6 is 0 Å². The lowest BCUT2D eigenvalue weighted by Gasteiger charge is -2.20. The predicted octanol–water partition coefficient (Wildman–Crippen LogP) is 23.1. The molecule has 0 aromatic rings. The van der Waals surface area contributed by atoms with Crippen molar-refractivity contribution < 1.29 is 24.5 Å². The van der Waals surface area contributed by atoms with Crippen LogP contribution in [0.25, 0.3) is 0 Å². The maximum atomic E-state index is 12.5. The number of ether oxygens (including phenoxy) is 1. The molecular weight excluding hydrogens is 959 g/mol. The summed E-state index contributed by atoms with van der Waals surface area (Å²) in [6.45, 7) is 4.95. The quantitative estimate of drug-likeness (QED) is 0.0320. The Kier molecular flexibility index (Phi) is 66.9. The minimum absolute atomic E-state index is 0.0210. The van der Waals surface area contributed by atoms with Gasteiger partial charge in [0.15, 0.2) is 0 Å². The van der Waals surface area contributed by atoms with Gasteiger partial charge in [0.1, 0.15) is 0 Å². The van der Waals surface area contributed by atoms with Crippen LogP contribution in [0.1, 0.15) is 412 Å². The van der Waals surface area contributed by atoms with Crippen molar-refractivity contribution in [2.24, 2.45) is 0 Å². The maximum absolute atomic E-state index is 12.5. The number of aliphatic hydroxyl groups is 2. The highest BCUT2D eigenvalue weighted by molar-refractivity contribution is 5.76. The molecule has 0 aliphatic carbocycles. The number of rotatable bonds is 68. The van der Waals surface area contributed by atoms with E-state index in [1.54, 1.807) is 6.08 Å². The van der Waals surface area contributed by atoms with Gasteiger partial charge in [0.25, 0.3) is 0 Å². The number of allylic oxidation sites excluding steroid dienone is 1. The second-order valence-electron chi connectivity index (χ2n) is 24.9. The molecule has 2 atom stereocenters. The number of carbonyl (C=O) groups is 2. The van der Waals surface area contributed by atoms with Crippen molar-refractivity contribution in [3.63, 3.8) is 0 Å². The van der Waals surface area contributed by atoms with Gasteiger partial charge >= 0.3 is 5.97 Å². The Morgan fingerprint density at radius 1 is 0.346 bits per heavy atom. The lowest BCUT2D eigenvalue weighted by molar-refractivity contribution is -0.143. The molecule has 0 rings (SSSR count). The second kappa shape index (κ2) is 68.1. The Morgan fingerprint density at radius 2 is 0.590 bits per heavy atom. The Hall–Kier alpha value is -1.40. The molecule has 0 aromatic carbocycles. The molecule has 0 saturated carbocycles. The highest BCUT2D eigenvalue weighted by Crippen LogP contribution is 2.19. The van der Waals surface area contributed by atoms with E-state index < -0.39 is 12.1 Å². The predicted molar refractivity (Wildman–Crippen MR) is 343 cm³/mol. The third-order valence-corrected chi connectivity index (χ3v) is 17.1. The van der Waals surface area contributed by atoms with Crippen LogP contribution in [0, 0.1) is 0 Å². The number of unbranched alkanes of at least 4 members (excludes halogenated alkanes) is 57. The summed E-state index contributed by atoms with van der Waals surface area (Å²) in [6.07, 6.45) is 84.4. The first-order valence-electron chi connectivity index (χ1n) is 36.0. The highest BCUT2D eigenvalue weighted by atomic mass is 16.5. The zero-order valence-electron chi connectivity index (χ0n) is 53.2. The average molecular weight is 1100 g/mol. The van der Waals surface area contributed by atoms with E-state index in [1.807, 2.05) is 6.08 Å². The normalized spacial score (nSPS) is 12.5. The van der Waals surface area contributed by atoms with Crippen LogP contribution < -0.4 is 5.32 Å². The third kappa shape index (κ3) is 63.8. The first-order valence-corrected chi connectivity index (χ1v) is 36.0. The van der Waals surface area contributed by atoms with Crippen LogP contribution in [0.2, 0.25) is 0 Å². The topological polar surface area (TPSA) is 95.9 Å². The van der Waals surface area contributed by atoms with E-state index in [2.05, 4.69) is 19.2 Å². The van der Waals surface area contributed by atoms with Crippen molar-refractivity contribution in [3.8, 4) is 0 Å². The standard InChI is InChI=1S/C72H141NO5/c1-3-5-7-9-11-13-15-17-19-20-21-31-34-37-40-44-48-52-56-60-64-70(75)69(68-74)73-71(76)65-61-57-53-49-45-41-38-35-32-29-27-25-23-22-24-26-28-30-33-36-39-43-47-51-55-59-63-67-78-72(77)66-62-58-54-50-46-42-18-16-14-12-10-8-6-4-2/h60,64,69-70,74-75H,3-59,61-63,65-68H2,1-2H3,(H,73,76)/b64-60+. The summed E-state index contributed by atoms with van der Waals surface area (Å²) in [7, 11) is 0. The van der Waals surface area contributed by atoms with Crippen molar-refractivity contribution >= 4 is 11.9 Å². The minimum Gasteiger partial charge on any atom is -0.466 e. The van der Waals surface area contributed by atoms with Gasteiger partial charge in [0, 0.05) is 12.8 Å². The molecule has 3 N–H and O–H groups in total. The fourth-order valence-corrected chi connectivity index (χ4v) is 11.6. The summed E-state index contributed by atoms with van der Waals surface area (Å²) < 4.78 is 5.50. The molecule has 464 valence electrons. The average Bonchev–Trinajstić information content (AvgIpc) is 3.44. The van der Waals surface area contributed by atoms with E-state index in [0.717, 1.165) is 38.5 Å². The number of carbonyl (C=O) groups excluding carboxylic acids is 2. The maximum Gasteiger partial charge on any atom is 0.305 e. The zero-order chi connectivity index (χ0) is 56.4. The van der Waals surface area contributed by atoms with Crippen LogP contribution in [0.4, 0.5) is 0 Å². The monoisotopic (exact) mass is 1100 g/mol. The van der Waals surface area contributed by atoms with E-state index in [9.17, 15) is 19.8 Å². The minimum atomic E-state index is -0.843. The van der Waals surface area contributed by atoms with Gasteiger partial charge in [-0.25, -0.2) is 0 Å². The molecule has 78 heavy (non-hydrogen) atoms. The van der Waals surface area contributed by atoms with E-state index in [0.29, 0.717) is 19.4 Å². The van der Waals surface area contributed by atoms with Crippen LogP contribution in [-0.2, 0) is 14.3 Å². The van der Waals surface area contributed by atoms with Crippen LogP contribution in [-0.4, -0.2) is 47.4 Å². The number of esters is 1. The van der Waals surface area contributed by atoms with Gasteiger partial charge < -0.3 is 20.3 Å². The summed E-state index contributed by atoms with van der Waals surface area (Å²) in [5, 5.41) is 23.2. The molecule has 0 fully saturated rings. The lowest BCUT2D eigenvalue weighted by atomic mass is 10.0. The molecule has 1 amide bonds. The Morgan fingerprint density at radius 3 is 0.872 bits per heavy atom. The van der Waals surface area contributed by atoms with Gasteiger partial charge in [0.05, 0.1) is 25.4 Å². The first kappa shape index (κ1) is 76.6. The number of nitrogens with one attached hydrogen (secondary N) is 1. The van der Waals surface area contributed by atoms with Gasteiger partial charge in [0.2, 0.25) is 5.91 Å². The van der Waals surface area contributed by atoms with E-state index in [4.69, 9.17) is 4.74 Å². The third-order valence-electron chi connectivity index (χ3n) is 17.1. The molecule has 0 aliphatic rings. The van der Waals surface area contributed by atoms with Crippen molar-refractivity contribution in [1.29, 1.82) is 0 Å². The van der Waals surface area contributed by atoms with Crippen molar-refractivity contribution in [1.82, 2.24) is 5.32 Å². The first-order chi connectivity index (χ1) is 38.5. The summed E-state index contributed by atoms with van der Waals surface area (Å²) >= 11 is 0. The molecular formula is C72H141NO5. The van der Waals surface area contributed by atoms with Crippen LogP contribution in [0.15, 0.2) is 12.2 Å². The molecule has 6 nitrogen and oxygen atoms in total. The number of hydrogen-bond acceptors (Lipinski definition) is 5. The fourth-order valence-electron chi connectivity index (χ4n) is 11.6. The molecule has 0 spiro atoms. The van der Waals surface area contributed by atoms with Crippen molar-refractivity contribution in [2.75, 3.05) is 13.2 Å². The second-order valence-corrected chi connectivity index (χ2v) is 24.9. The summed E-state index contributed by atoms with van der Waals surface area (Å²) in [5.41, 5.74) is 0. The Balaban J connectivity index is 3.36. The SMILES string of the molecule is CCCCCCCCCCCCCCCCCCCC/C=C/C(O)C(CO)NC(=O)CCCCCCCCCCCCCCCCCCCCCCCCCCCCCOC(=O)CCCCCCCCCCCCCCCC. The number of amides is 1. The van der Waals surface area contributed by atoms with Gasteiger partial charge in [-0.2, -0.15) is 0 Å². The van der Waals surface area contributed by atoms with Gasteiger partial charge in [-0.1, -0.05) is 379 Å². The fraction of sp³-hybridized carbons (Fsp3) is 0.944. The van der Waals surface area contributed by atoms with Crippen LogP contribution in [0.5, 0.6) is 0 Å². The van der Waals surface area contributed by atoms with E-state index >= 15 is 0 Å². The van der Waals surface area contributed by atoms with Crippen molar-refractivity contribution in [2.45, 2.75) is 424 Å². The Labute approximate surface area is 489 Å². The molecule has 6 heteroatoms. The number of hydrogen-bond donors (Lipinski definition) is 3. The largest absolute Gasteiger partial charge is 0.466 e. The molecule has 0 saturated heterocycles. The molecule has 2 unspecified atom stereocenters. The van der Waals surface area contributed by atoms with Gasteiger partial charge in [-0.15, -0.1) is 0 Å². The summed E-state index contributed by atoms with van der Waals surface area (Å²) in [5.74, 6) is -0.0397. The summed E-state index contributed by atoms with van der Waals surface area (Å²) in [4.78, 5) is 24.6. The molecule has 0 aromatic heterocycles. The smallest absolute Gasteiger partial charge is 0.305 e. The van der Waals surface area contributed by atoms with Gasteiger partial charge in [-0.3, -0.25) is 9.59 Å². The molecule has 0 heterocycles. The molecule has 0 radical (unpaired) electrons. The van der Waals surface area contributed by atoms with Gasteiger partial charge in [-0.05, 0) is 32.1 Å². The van der Waals surface area contributed by atoms with E-state index in [-0.39, 0.29) is 18.5 Å².